The van der Waals surface area contributed by atoms with Gasteiger partial charge in [0.15, 0.2) is 5.65 Å². The van der Waals surface area contributed by atoms with Crippen LogP contribution in [0.5, 0.6) is 0 Å². The van der Waals surface area contributed by atoms with Crippen molar-refractivity contribution < 1.29 is 13.6 Å². The highest BCUT2D eigenvalue weighted by Crippen LogP contribution is 2.25. The van der Waals surface area contributed by atoms with Gasteiger partial charge in [-0.1, -0.05) is 0 Å². The lowest BCUT2D eigenvalue weighted by molar-refractivity contribution is -0.131. The molecule has 4 rings (SSSR count). The molecule has 0 aliphatic carbocycles. The molecule has 1 saturated heterocycles. The van der Waals surface area contributed by atoms with Crippen LogP contribution in [0, 0.1) is 18.6 Å². The lowest BCUT2D eigenvalue weighted by Crippen LogP contribution is -2.50. The van der Waals surface area contributed by atoms with Gasteiger partial charge in [-0.2, -0.15) is 5.10 Å². The zero-order chi connectivity index (χ0) is 19.1. The number of carbonyl (C=O) groups excluding carboxylic acids is 1. The monoisotopic (exact) mass is 372 g/mol. The quantitative estimate of drug-likeness (QED) is 0.701. The second-order valence-electron chi connectivity index (χ2n) is 6.57. The van der Waals surface area contributed by atoms with Gasteiger partial charge in [0.05, 0.1) is 18.1 Å². The van der Waals surface area contributed by atoms with Crippen molar-refractivity contribution in [3.63, 3.8) is 0 Å². The number of anilines is 1. The number of aromatic nitrogens is 4. The van der Waals surface area contributed by atoms with Crippen LogP contribution in [0.1, 0.15) is 11.4 Å². The van der Waals surface area contributed by atoms with Crippen LogP contribution >= 0.6 is 0 Å². The van der Waals surface area contributed by atoms with E-state index in [1.165, 1.54) is 4.90 Å². The van der Waals surface area contributed by atoms with Crippen molar-refractivity contribution in [1.82, 2.24) is 24.6 Å². The number of halogens is 2. The molecule has 0 saturated carbocycles. The largest absolute Gasteiger partial charge is 0.345 e. The Hall–Kier alpha value is -3.10. The molecule has 1 fully saturated rings. The highest BCUT2D eigenvalue weighted by molar-refractivity contribution is 5.90. The number of carbonyl (C=O) groups is 1. The van der Waals surface area contributed by atoms with Crippen molar-refractivity contribution in [2.75, 3.05) is 24.5 Å². The smallest absolute Gasteiger partial charge is 0.242 e. The summed E-state index contributed by atoms with van der Waals surface area (Å²) in [6.45, 7) is 2.86. The number of hydrogen-bond donors (Lipinski definition) is 0. The topological polar surface area (TPSA) is 67.2 Å². The lowest BCUT2D eigenvalue weighted by atomic mass is 10.1. The molecule has 3 heterocycles. The molecule has 2 aromatic heterocycles. The van der Waals surface area contributed by atoms with E-state index in [1.807, 2.05) is 4.90 Å². The Bertz CT molecular complexity index is 1030. The summed E-state index contributed by atoms with van der Waals surface area (Å²) in [5, 5.41) is 4.99. The summed E-state index contributed by atoms with van der Waals surface area (Å²) in [5.74, 6) is 0.0506. The molecule has 1 amide bonds. The Morgan fingerprint density at radius 1 is 1.19 bits per heavy atom. The van der Waals surface area contributed by atoms with Crippen molar-refractivity contribution in [2.45, 2.75) is 13.5 Å². The normalized spacial score (nSPS) is 15.0. The van der Waals surface area contributed by atoms with E-state index in [0.29, 0.717) is 30.4 Å². The molecular weight excluding hydrogens is 354 g/mol. The summed E-state index contributed by atoms with van der Waals surface area (Å²) in [6.07, 6.45) is 1.68. The van der Waals surface area contributed by atoms with E-state index in [1.54, 1.807) is 24.9 Å². The molecule has 0 unspecified atom stereocenters. The number of amides is 1. The Labute approximate surface area is 154 Å². The number of nitrogens with zero attached hydrogens (tertiary/aromatic N) is 6. The third-order valence-electron chi connectivity index (χ3n) is 4.67. The molecule has 1 aromatic carbocycles. The highest BCUT2D eigenvalue weighted by atomic mass is 19.1. The molecule has 1 aliphatic heterocycles. The molecule has 1 aliphatic rings. The lowest BCUT2D eigenvalue weighted by Gasteiger charge is -2.35. The Kier molecular flexibility index (Phi) is 4.21. The molecule has 3 aromatic rings. The first-order chi connectivity index (χ1) is 12.9. The summed E-state index contributed by atoms with van der Waals surface area (Å²) >= 11 is 0. The number of rotatable bonds is 3. The van der Waals surface area contributed by atoms with E-state index in [0.717, 1.165) is 23.6 Å². The Morgan fingerprint density at radius 3 is 2.78 bits per heavy atom. The van der Waals surface area contributed by atoms with Crippen LogP contribution in [0.4, 0.5) is 14.6 Å². The van der Waals surface area contributed by atoms with Crippen LogP contribution in [-0.2, 0) is 18.4 Å². The number of benzene rings is 1. The molecule has 9 heteroatoms. The number of fused-ring (bicyclic) bond motifs is 1. The first-order valence-corrected chi connectivity index (χ1v) is 8.55. The van der Waals surface area contributed by atoms with Gasteiger partial charge in [0.1, 0.15) is 23.3 Å². The fourth-order valence-electron chi connectivity index (χ4n) is 3.28. The van der Waals surface area contributed by atoms with Crippen LogP contribution in [0.25, 0.3) is 11.0 Å². The summed E-state index contributed by atoms with van der Waals surface area (Å²) < 4.78 is 28.9. The summed E-state index contributed by atoms with van der Waals surface area (Å²) in [4.78, 5) is 24.9. The molecule has 7 nitrogen and oxygen atoms in total. The summed E-state index contributed by atoms with van der Waals surface area (Å²) in [5.41, 5.74) is 0.874. The number of piperazine rings is 1. The van der Waals surface area contributed by atoms with Gasteiger partial charge in [0.25, 0.3) is 0 Å². The van der Waals surface area contributed by atoms with Gasteiger partial charge in [-0.3, -0.25) is 9.48 Å². The van der Waals surface area contributed by atoms with E-state index < -0.39 is 11.6 Å². The van der Waals surface area contributed by atoms with Gasteiger partial charge in [-0.05, 0) is 25.1 Å². The van der Waals surface area contributed by atoms with E-state index in [-0.39, 0.29) is 24.6 Å². The van der Waals surface area contributed by atoms with Gasteiger partial charge in [-0.25, -0.2) is 18.7 Å². The maximum Gasteiger partial charge on any atom is 0.242 e. The van der Waals surface area contributed by atoms with Gasteiger partial charge in [0.2, 0.25) is 5.91 Å². The standard InChI is InChI=1S/C18H18F2N6O/c1-11-22-17-14(8-21-24(17)2)18(23-11)26-6-5-25(16(27)10-26)9-12-7-13(19)3-4-15(12)20/h3-4,7-8H,5-6,9-10H2,1-2H3. The first-order valence-electron chi connectivity index (χ1n) is 8.55. The molecule has 27 heavy (non-hydrogen) atoms. The molecule has 0 atom stereocenters. The number of aryl methyl sites for hydroxylation is 2. The Balaban J connectivity index is 1.56. The van der Waals surface area contributed by atoms with Crippen molar-refractivity contribution in [3.05, 3.63) is 47.4 Å². The third-order valence-corrected chi connectivity index (χ3v) is 4.67. The Morgan fingerprint density at radius 2 is 2.00 bits per heavy atom. The fourth-order valence-corrected chi connectivity index (χ4v) is 3.28. The summed E-state index contributed by atoms with van der Waals surface area (Å²) in [6, 6.07) is 3.27. The van der Waals surface area contributed by atoms with E-state index in [2.05, 4.69) is 15.1 Å². The zero-order valence-corrected chi connectivity index (χ0v) is 15.0. The van der Waals surface area contributed by atoms with Gasteiger partial charge in [0, 0.05) is 32.2 Å². The molecule has 0 bridgehead atoms. The second-order valence-corrected chi connectivity index (χ2v) is 6.57. The predicted octanol–water partition coefficient (Wildman–Crippen LogP) is 1.80. The van der Waals surface area contributed by atoms with Gasteiger partial charge < -0.3 is 9.80 Å². The molecule has 0 spiro atoms. The number of hydrogen-bond acceptors (Lipinski definition) is 5. The maximum absolute atomic E-state index is 13.9. The second kappa shape index (κ2) is 6.57. The van der Waals surface area contributed by atoms with Crippen LogP contribution in [0.3, 0.4) is 0 Å². The first kappa shape index (κ1) is 17.3. The van der Waals surface area contributed by atoms with Crippen molar-refractivity contribution >= 4 is 22.8 Å². The van der Waals surface area contributed by atoms with Gasteiger partial charge >= 0.3 is 0 Å². The van der Waals surface area contributed by atoms with Crippen LogP contribution < -0.4 is 4.90 Å². The van der Waals surface area contributed by atoms with E-state index >= 15 is 0 Å². The minimum atomic E-state index is -0.520. The van der Waals surface area contributed by atoms with Crippen LogP contribution in [-0.4, -0.2) is 50.2 Å². The molecule has 0 radical (unpaired) electrons. The minimum Gasteiger partial charge on any atom is -0.345 e. The summed E-state index contributed by atoms with van der Waals surface area (Å²) in [7, 11) is 1.80. The maximum atomic E-state index is 13.9. The van der Waals surface area contributed by atoms with E-state index in [4.69, 9.17) is 0 Å². The minimum absolute atomic E-state index is 0.0430. The molecular formula is C18H18F2N6O. The average molecular weight is 372 g/mol. The molecule has 140 valence electrons. The van der Waals surface area contributed by atoms with Crippen molar-refractivity contribution in [1.29, 1.82) is 0 Å². The van der Waals surface area contributed by atoms with Crippen molar-refractivity contribution in [2.24, 2.45) is 7.05 Å². The zero-order valence-electron chi connectivity index (χ0n) is 15.0. The van der Waals surface area contributed by atoms with E-state index in [9.17, 15) is 13.6 Å². The van der Waals surface area contributed by atoms with Crippen molar-refractivity contribution in [3.8, 4) is 0 Å². The highest BCUT2D eigenvalue weighted by Gasteiger charge is 2.27. The third kappa shape index (κ3) is 3.20. The predicted molar refractivity (Wildman–Crippen MR) is 95.0 cm³/mol. The van der Waals surface area contributed by atoms with Crippen LogP contribution in [0.2, 0.25) is 0 Å². The van der Waals surface area contributed by atoms with Gasteiger partial charge in [-0.15, -0.1) is 0 Å². The average Bonchev–Trinajstić information content (AvgIpc) is 3.00. The molecule has 0 N–H and O–H groups in total. The SMILES string of the molecule is Cc1nc(N2CCN(Cc3cc(F)ccc3F)C(=O)C2)c2cnn(C)c2n1. The van der Waals surface area contributed by atoms with Crippen LogP contribution in [0.15, 0.2) is 24.4 Å². The fraction of sp³-hybridized carbons (Fsp3) is 0.333.